The minimum Gasteiger partial charge on any atom is -0.286 e. The standard InChI is InChI=1S/C48H70N8/c1-2-10-26-18-34-33(17-25(26)9-1)41-49-42(34)54-44-37-21-29-13-5-6-14-30(29)22-38(37)46(51-44)56-48-40-24-32-16-8-7-15-31(32)23-39(40)47(52-48)55-45-36-20-28-12-4-3-11-27(28)19-35(36)43(50-45)53-41/h1-2,7,9-10,15,18,23,25,27-30,32-56H,3-6,8,11-14,16-17,19-22,24H2. The maximum absolute atomic E-state index is 4.45. The van der Waals surface area contributed by atoms with Crippen LogP contribution in [0.2, 0.25) is 0 Å². The Morgan fingerprint density at radius 1 is 0.393 bits per heavy atom. The SMILES string of the molecule is C1=CC2=CC3C4NC(NC5NC(NC6NC(NC7NC(N4)C4CC8CCCCC8CC74)C4CC7CCC=CC7=CC64)C4CC6CCCCC6CC54)C3CC2C=C1. The van der Waals surface area contributed by atoms with E-state index in [2.05, 4.69) is 91.1 Å². The normalized spacial score (nSPS) is 56.3. The smallest absolute Gasteiger partial charge is 0.0664 e. The zero-order valence-electron chi connectivity index (χ0n) is 33.6. The van der Waals surface area contributed by atoms with Crippen molar-refractivity contribution in [1.82, 2.24) is 42.5 Å². The Morgan fingerprint density at radius 3 is 1.36 bits per heavy atom. The van der Waals surface area contributed by atoms with Gasteiger partial charge in [0.05, 0.1) is 49.3 Å². The molecule has 13 aliphatic rings. The van der Waals surface area contributed by atoms with Crippen LogP contribution in [0.1, 0.15) is 103 Å². The molecule has 5 aliphatic heterocycles. The van der Waals surface area contributed by atoms with E-state index in [1.165, 1.54) is 103 Å². The van der Waals surface area contributed by atoms with Gasteiger partial charge in [-0.05, 0) is 128 Å². The average molecular weight is 759 g/mol. The van der Waals surface area contributed by atoms with Crippen molar-refractivity contribution in [3.05, 3.63) is 59.8 Å². The van der Waals surface area contributed by atoms with Crippen molar-refractivity contribution in [1.29, 1.82) is 0 Å². The monoisotopic (exact) mass is 759 g/mol. The van der Waals surface area contributed by atoms with Gasteiger partial charge in [0.1, 0.15) is 0 Å². The first-order valence-corrected chi connectivity index (χ1v) is 24.2. The molecular formula is C48H70N8. The van der Waals surface area contributed by atoms with Crippen LogP contribution in [-0.2, 0) is 0 Å². The van der Waals surface area contributed by atoms with Crippen LogP contribution in [0, 0.1) is 82.9 Å². The highest BCUT2D eigenvalue weighted by Crippen LogP contribution is 2.53. The van der Waals surface area contributed by atoms with Crippen molar-refractivity contribution in [3.8, 4) is 0 Å². The minimum absolute atomic E-state index is 0.263. The Morgan fingerprint density at radius 2 is 0.839 bits per heavy atom. The van der Waals surface area contributed by atoms with Gasteiger partial charge in [-0.3, -0.25) is 42.5 Å². The van der Waals surface area contributed by atoms with E-state index in [9.17, 15) is 0 Å². The third-order valence-electron chi connectivity index (χ3n) is 19.2. The molecule has 0 aromatic heterocycles. The van der Waals surface area contributed by atoms with Gasteiger partial charge in [-0.1, -0.05) is 100.0 Å². The van der Waals surface area contributed by atoms with Crippen LogP contribution in [0.5, 0.6) is 0 Å². The second-order valence-electron chi connectivity index (χ2n) is 21.7. The molecule has 13 rings (SSSR count). The molecule has 8 nitrogen and oxygen atoms in total. The summed E-state index contributed by atoms with van der Waals surface area (Å²) in [4.78, 5) is 0. The van der Waals surface area contributed by atoms with Crippen molar-refractivity contribution < 1.29 is 0 Å². The molecule has 302 valence electrons. The number of fused-ring (bicyclic) bond motifs is 24. The molecule has 0 radical (unpaired) electrons. The third-order valence-corrected chi connectivity index (χ3v) is 19.2. The zero-order valence-corrected chi connectivity index (χ0v) is 33.6. The summed E-state index contributed by atoms with van der Waals surface area (Å²) in [5.74, 6) is 9.78. The van der Waals surface area contributed by atoms with Gasteiger partial charge in [0, 0.05) is 17.8 Å². The van der Waals surface area contributed by atoms with Crippen LogP contribution in [-0.4, -0.2) is 49.3 Å². The molecule has 0 aromatic carbocycles. The molecule has 8 aliphatic carbocycles. The highest BCUT2D eigenvalue weighted by atomic mass is 15.4. The van der Waals surface area contributed by atoms with Gasteiger partial charge in [0.2, 0.25) is 0 Å². The zero-order chi connectivity index (χ0) is 36.5. The Balaban J connectivity index is 0.881. The number of hydrogen-bond acceptors (Lipinski definition) is 8. The molecule has 4 saturated carbocycles. The first kappa shape index (κ1) is 35.2. The topological polar surface area (TPSA) is 96.2 Å². The van der Waals surface area contributed by atoms with Crippen molar-refractivity contribution >= 4 is 0 Å². The van der Waals surface area contributed by atoms with Gasteiger partial charge in [-0.2, -0.15) is 0 Å². The van der Waals surface area contributed by atoms with Crippen LogP contribution in [0.3, 0.4) is 0 Å². The number of hydrogen-bond donors (Lipinski definition) is 8. The van der Waals surface area contributed by atoms with Gasteiger partial charge >= 0.3 is 0 Å². The van der Waals surface area contributed by atoms with E-state index in [-0.39, 0.29) is 12.3 Å². The Labute approximate surface area is 336 Å². The van der Waals surface area contributed by atoms with Crippen molar-refractivity contribution in [2.45, 2.75) is 152 Å². The van der Waals surface area contributed by atoms with E-state index in [0.29, 0.717) is 96.2 Å². The summed E-state index contributed by atoms with van der Waals surface area (Å²) in [6.45, 7) is 0. The molecule has 22 atom stereocenters. The van der Waals surface area contributed by atoms with Gasteiger partial charge in [-0.15, -0.1) is 0 Å². The molecule has 0 aromatic rings. The molecule has 56 heavy (non-hydrogen) atoms. The van der Waals surface area contributed by atoms with Crippen molar-refractivity contribution in [2.75, 3.05) is 0 Å². The Hall–Kier alpha value is -1.62. The van der Waals surface area contributed by atoms with Gasteiger partial charge in [0.25, 0.3) is 0 Å². The summed E-state index contributed by atoms with van der Waals surface area (Å²) in [5, 5.41) is 35.1. The fourth-order valence-corrected chi connectivity index (χ4v) is 16.6. The second kappa shape index (κ2) is 14.0. The maximum Gasteiger partial charge on any atom is 0.0664 e. The lowest BCUT2D eigenvalue weighted by Gasteiger charge is -2.44. The van der Waals surface area contributed by atoms with Crippen LogP contribution >= 0.6 is 0 Å². The number of nitrogens with one attached hydrogen (secondary N) is 8. The summed E-state index contributed by atoms with van der Waals surface area (Å²) in [5.41, 5.74) is 3.17. The van der Waals surface area contributed by atoms with Crippen LogP contribution in [0.4, 0.5) is 0 Å². The third kappa shape index (κ3) is 5.80. The highest BCUT2D eigenvalue weighted by Gasteiger charge is 2.57. The number of allylic oxidation sites excluding steroid dienone is 8. The Bertz CT molecular complexity index is 1680. The van der Waals surface area contributed by atoms with Crippen molar-refractivity contribution in [2.24, 2.45) is 82.9 Å². The quantitative estimate of drug-likeness (QED) is 0.156. The molecule has 8 heteroatoms. The fourth-order valence-electron chi connectivity index (χ4n) is 16.6. The molecule has 22 unspecified atom stereocenters. The molecule has 9 fully saturated rings. The van der Waals surface area contributed by atoms with E-state index in [1.807, 2.05) is 0 Å². The molecule has 0 spiro atoms. The predicted molar refractivity (Wildman–Crippen MR) is 222 cm³/mol. The van der Waals surface area contributed by atoms with E-state index in [1.54, 1.807) is 11.1 Å². The maximum atomic E-state index is 4.45. The molecule has 5 heterocycles. The Kier molecular flexibility index (Phi) is 8.77. The lowest BCUT2D eigenvalue weighted by Crippen LogP contribution is -2.61. The largest absolute Gasteiger partial charge is 0.286 e. The average Bonchev–Trinajstić information content (AvgIpc) is 3.95. The predicted octanol–water partition coefficient (Wildman–Crippen LogP) is 5.88. The van der Waals surface area contributed by atoms with Crippen LogP contribution in [0.25, 0.3) is 0 Å². The summed E-state index contributed by atoms with van der Waals surface area (Å²) < 4.78 is 0. The summed E-state index contributed by atoms with van der Waals surface area (Å²) >= 11 is 0. The van der Waals surface area contributed by atoms with Crippen molar-refractivity contribution in [3.63, 3.8) is 0 Å². The molecule has 8 bridgehead atoms. The number of rotatable bonds is 0. The summed E-state index contributed by atoms with van der Waals surface area (Å²) in [6, 6.07) is 0. The summed E-state index contributed by atoms with van der Waals surface area (Å²) in [7, 11) is 0. The minimum atomic E-state index is 0.263. The van der Waals surface area contributed by atoms with Gasteiger partial charge in [0.15, 0.2) is 0 Å². The second-order valence-corrected chi connectivity index (χ2v) is 21.7. The highest BCUT2D eigenvalue weighted by molar-refractivity contribution is 5.37. The molecule has 5 saturated heterocycles. The van der Waals surface area contributed by atoms with E-state index >= 15 is 0 Å². The molecule has 0 amide bonds. The summed E-state index contributed by atoms with van der Waals surface area (Å²) in [6.07, 6.45) is 44.6. The van der Waals surface area contributed by atoms with E-state index in [0.717, 1.165) is 23.7 Å². The van der Waals surface area contributed by atoms with E-state index < -0.39 is 0 Å². The first-order valence-electron chi connectivity index (χ1n) is 24.2. The van der Waals surface area contributed by atoms with Gasteiger partial charge < -0.3 is 0 Å². The van der Waals surface area contributed by atoms with Crippen LogP contribution in [0.15, 0.2) is 59.8 Å². The lowest BCUT2D eigenvalue weighted by molar-refractivity contribution is 0.0676. The van der Waals surface area contributed by atoms with Crippen LogP contribution < -0.4 is 42.5 Å². The first-order chi connectivity index (χ1) is 27.7. The lowest BCUT2D eigenvalue weighted by atomic mass is 9.63. The molecule has 8 N–H and O–H groups in total. The van der Waals surface area contributed by atoms with Gasteiger partial charge in [-0.25, -0.2) is 0 Å². The van der Waals surface area contributed by atoms with E-state index in [4.69, 9.17) is 0 Å². The fraction of sp³-hybridized carbons (Fsp3) is 0.792. The molecular weight excluding hydrogens is 689 g/mol.